The van der Waals surface area contributed by atoms with E-state index in [4.69, 9.17) is 11.6 Å². The van der Waals surface area contributed by atoms with E-state index in [-0.39, 0.29) is 24.9 Å². The molecule has 1 N–H and O–H groups in total. The smallest absolute Gasteiger partial charge is 0.244 e. The first-order valence-electron chi connectivity index (χ1n) is 13.6. The summed E-state index contributed by atoms with van der Waals surface area (Å²) in [7, 11) is -3.80. The van der Waals surface area contributed by atoms with Gasteiger partial charge in [0.05, 0.1) is 11.9 Å². The first kappa shape index (κ1) is 29.6. The number of carbonyl (C=O) groups is 2. The van der Waals surface area contributed by atoms with Crippen molar-refractivity contribution in [2.45, 2.75) is 57.2 Å². The standard InChI is InChI=1S/C31H36ClN3O4S/c1-40(38,39)35(27-18-9-4-10-19-27)23-30(36)34(22-25-15-11-12-20-28(25)32)29(21-24-13-5-2-6-14-24)31(37)33-26-16-7-3-8-17-26/h2,4-6,9-15,18-20,26,29H,3,7-8,16-17,21-23H2,1H3,(H,33,37)/t29-/m0/s1. The summed E-state index contributed by atoms with van der Waals surface area (Å²) in [5.74, 6) is -0.740. The molecule has 1 aliphatic carbocycles. The summed E-state index contributed by atoms with van der Waals surface area (Å²) >= 11 is 6.50. The summed E-state index contributed by atoms with van der Waals surface area (Å²) in [5.41, 5.74) is 1.94. The van der Waals surface area contributed by atoms with Gasteiger partial charge in [0.25, 0.3) is 0 Å². The Balaban J connectivity index is 1.72. The summed E-state index contributed by atoms with van der Waals surface area (Å²) in [6.07, 6.45) is 6.41. The highest BCUT2D eigenvalue weighted by Gasteiger charge is 2.34. The van der Waals surface area contributed by atoms with Gasteiger partial charge in [-0.05, 0) is 42.2 Å². The van der Waals surface area contributed by atoms with Crippen LogP contribution in [0.15, 0.2) is 84.9 Å². The second-order valence-corrected chi connectivity index (χ2v) is 12.6. The largest absolute Gasteiger partial charge is 0.352 e. The third kappa shape index (κ3) is 8.08. The summed E-state index contributed by atoms with van der Waals surface area (Å²) in [5, 5.41) is 3.66. The van der Waals surface area contributed by atoms with Crippen LogP contribution in [0, 0.1) is 0 Å². The van der Waals surface area contributed by atoms with E-state index >= 15 is 0 Å². The van der Waals surface area contributed by atoms with Crippen LogP contribution in [0.3, 0.4) is 0 Å². The summed E-state index contributed by atoms with van der Waals surface area (Å²) in [6.45, 7) is -0.393. The van der Waals surface area contributed by atoms with Gasteiger partial charge in [-0.15, -0.1) is 0 Å². The predicted octanol–water partition coefficient (Wildman–Crippen LogP) is 5.20. The number of nitrogens with one attached hydrogen (secondary N) is 1. The number of hydrogen-bond donors (Lipinski definition) is 1. The molecule has 1 fully saturated rings. The molecule has 7 nitrogen and oxygen atoms in total. The molecule has 212 valence electrons. The van der Waals surface area contributed by atoms with Crippen molar-refractivity contribution < 1.29 is 18.0 Å². The molecule has 3 aromatic carbocycles. The molecular weight excluding hydrogens is 546 g/mol. The number of anilines is 1. The van der Waals surface area contributed by atoms with Crippen molar-refractivity contribution in [3.63, 3.8) is 0 Å². The number of carbonyl (C=O) groups excluding carboxylic acids is 2. The summed E-state index contributed by atoms with van der Waals surface area (Å²) in [4.78, 5) is 29.5. The zero-order valence-electron chi connectivity index (χ0n) is 22.7. The van der Waals surface area contributed by atoms with Gasteiger partial charge >= 0.3 is 0 Å². The first-order valence-corrected chi connectivity index (χ1v) is 15.8. The van der Waals surface area contributed by atoms with Crippen molar-refractivity contribution in [1.29, 1.82) is 0 Å². The molecular formula is C31H36ClN3O4S. The van der Waals surface area contributed by atoms with Crippen LogP contribution in [0.25, 0.3) is 0 Å². The lowest BCUT2D eigenvalue weighted by Gasteiger charge is -2.35. The van der Waals surface area contributed by atoms with E-state index in [2.05, 4.69) is 5.32 Å². The molecule has 3 aromatic rings. The van der Waals surface area contributed by atoms with E-state index in [1.165, 1.54) is 4.90 Å². The average molecular weight is 582 g/mol. The van der Waals surface area contributed by atoms with Crippen molar-refractivity contribution in [3.05, 3.63) is 101 Å². The maximum absolute atomic E-state index is 14.1. The minimum atomic E-state index is -3.80. The predicted molar refractivity (Wildman–Crippen MR) is 160 cm³/mol. The van der Waals surface area contributed by atoms with Crippen LogP contribution in [-0.2, 0) is 32.6 Å². The van der Waals surface area contributed by atoms with Crippen LogP contribution in [0.5, 0.6) is 0 Å². The van der Waals surface area contributed by atoms with Crippen LogP contribution in [0.4, 0.5) is 5.69 Å². The average Bonchev–Trinajstić information content (AvgIpc) is 2.95. The number of para-hydroxylation sites is 1. The van der Waals surface area contributed by atoms with Gasteiger partial charge in [0.2, 0.25) is 21.8 Å². The van der Waals surface area contributed by atoms with Gasteiger partial charge in [-0.25, -0.2) is 8.42 Å². The van der Waals surface area contributed by atoms with Crippen molar-refractivity contribution in [2.75, 3.05) is 17.1 Å². The van der Waals surface area contributed by atoms with Crippen molar-refractivity contribution >= 4 is 39.1 Å². The summed E-state index contributed by atoms with van der Waals surface area (Å²) < 4.78 is 26.7. The second-order valence-electron chi connectivity index (χ2n) is 10.3. The van der Waals surface area contributed by atoms with Crippen LogP contribution in [0.2, 0.25) is 5.02 Å². The molecule has 2 amide bonds. The van der Waals surface area contributed by atoms with Crippen LogP contribution in [-0.4, -0.2) is 50.0 Å². The number of amides is 2. The topological polar surface area (TPSA) is 86.8 Å². The molecule has 1 aliphatic rings. The molecule has 0 unspecified atom stereocenters. The first-order chi connectivity index (χ1) is 19.2. The maximum Gasteiger partial charge on any atom is 0.244 e. The fourth-order valence-corrected chi connectivity index (χ4v) is 6.16. The van der Waals surface area contributed by atoms with Crippen molar-refractivity contribution in [3.8, 4) is 0 Å². The quantitative estimate of drug-likeness (QED) is 0.337. The lowest BCUT2D eigenvalue weighted by atomic mass is 9.94. The number of halogens is 1. The SMILES string of the molecule is CS(=O)(=O)N(CC(=O)N(Cc1ccccc1Cl)[C@@H](Cc1ccccc1)C(=O)NC1CCCCC1)c1ccccc1. The van der Waals surface area contributed by atoms with Gasteiger partial charge in [-0.1, -0.05) is 97.6 Å². The Bertz CT molecular complexity index is 1380. The normalized spacial score (nSPS) is 14.8. The lowest BCUT2D eigenvalue weighted by molar-refractivity contribution is -0.140. The van der Waals surface area contributed by atoms with Gasteiger partial charge in [0.15, 0.2) is 0 Å². The molecule has 40 heavy (non-hydrogen) atoms. The van der Waals surface area contributed by atoms with E-state index in [9.17, 15) is 18.0 Å². The van der Waals surface area contributed by atoms with E-state index in [1.54, 1.807) is 42.5 Å². The van der Waals surface area contributed by atoms with Crippen molar-refractivity contribution in [2.24, 2.45) is 0 Å². The molecule has 1 saturated carbocycles. The van der Waals surface area contributed by atoms with E-state index in [0.717, 1.165) is 48.2 Å². The Kier molecular flexibility index (Phi) is 10.2. The monoisotopic (exact) mass is 581 g/mol. The zero-order chi connectivity index (χ0) is 28.5. The Labute approximate surface area is 242 Å². The number of nitrogens with zero attached hydrogens (tertiary/aromatic N) is 2. The van der Waals surface area contributed by atoms with Crippen molar-refractivity contribution in [1.82, 2.24) is 10.2 Å². The molecule has 0 saturated heterocycles. The maximum atomic E-state index is 14.1. The molecule has 9 heteroatoms. The molecule has 0 bridgehead atoms. The van der Waals surface area contributed by atoms with Gasteiger partial charge in [0.1, 0.15) is 12.6 Å². The number of benzene rings is 3. The molecule has 0 heterocycles. The molecule has 0 aromatic heterocycles. The fraction of sp³-hybridized carbons (Fsp3) is 0.355. The molecule has 4 rings (SSSR count). The summed E-state index contributed by atoms with van der Waals surface area (Å²) in [6, 6.07) is 24.4. The number of sulfonamides is 1. The Morgan fingerprint density at radius 3 is 2.12 bits per heavy atom. The lowest BCUT2D eigenvalue weighted by Crippen LogP contribution is -2.55. The van der Waals surface area contributed by atoms with Crippen LogP contribution >= 0.6 is 11.6 Å². The third-order valence-electron chi connectivity index (χ3n) is 7.24. The Morgan fingerprint density at radius 2 is 1.50 bits per heavy atom. The third-order valence-corrected chi connectivity index (χ3v) is 8.75. The van der Waals surface area contributed by atoms with Gasteiger partial charge < -0.3 is 10.2 Å². The Morgan fingerprint density at radius 1 is 0.900 bits per heavy atom. The van der Waals surface area contributed by atoms with E-state index in [0.29, 0.717) is 16.3 Å². The second kappa shape index (κ2) is 13.8. The molecule has 0 aliphatic heterocycles. The Hall–Kier alpha value is -3.36. The van der Waals surface area contributed by atoms with E-state index in [1.807, 2.05) is 42.5 Å². The van der Waals surface area contributed by atoms with E-state index < -0.39 is 28.5 Å². The molecule has 1 atom stereocenters. The number of hydrogen-bond acceptors (Lipinski definition) is 4. The van der Waals surface area contributed by atoms with Gasteiger partial charge in [-0.3, -0.25) is 13.9 Å². The highest BCUT2D eigenvalue weighted by atomic mass is 35.5. The zero-order valence-corrected chi connectivity index (χ0v) is 24.3. The van der Waals surface area contributed by atoms with Crippen LogP contribution < -0.4 is 9.62 Å². The minimum Gasteiger partial charge on any atom is -0.352 e. The highest BCUT2D eigenvalue weighted by molar-refractivity contribution is 7.92. The highest BCUT2D eigenvalue weighted by Crippen LogP contribution is 2.24. The molecule has 0 radical (unpaired) electrons. The van der Waals surface area contributed by atoms with Gasteiger partial charge in [0, 0.05) is 24.0 Å². The minimum absolute atomic E-state index is 0.0497. The van der Waals surface area contributed by atoms with Gasteiger partial charge in [-0.2, -0.15) is 0 Å². The number of rotatable bonds is 11. The fourth-order valence-electron chi connectivity index (χ4n) is 5.12. The van der Waals surface area contributed by atoms with Crippen LogP contribution in [0.1, 0.15) is 43.2 Å². The molecule has 0 spiro atoms.